The van der Waals surface area contributed by atoms with Crippen LogP contribution in [0.1, 0.15) is 22.1 Å². The zero-order chi connectivity index (χ0) is 18.7. The van der Waals surface area contributed by atoms with Crippen LogP contribution in [0.25, 0.3) is 10.9 Å². The molecule has 26 heavy (non-hydrogen) atoms. The average Bonchev–Trinajstić information content (AvgIpc) is 2.98. The number of aromatic nitrogens is 1. The van der Waals surface area contributed by atoms with Gasteiger partial charge in [0.1, 0.15) is 18.0 Å². The number of aliphatic carboxylic acids is 1. The number of phenols is 1. The zero-order valence-corrected chi connectivity index (χ0v) is 13.6. The van der Waals surface area contributed by atoms with E-state index in [1.54, 1.807) is 18.2 Å². The number of rotatable bonds is 5. The molecular weight excluding hydrogens is 334 g/mol. The van der Waals surface area contributed by atoms with Crippen LogP contribution in [0, 0.1) is 11.3 Å². The van der Waals surface area contributed by atoms with Crippen molar-refractivity contribution < 1.29 is 19.8 Å². The highest BCUT2D eigenvalue weighted by atomic mass is 16.4. The Labute approximate surface area is 148 Å². The normalized spacial score (nSPS) is 11.7. The molecule has 1 atom stereocenters. The first-order valence-corrected chi connectivity index (χ1v) is 7.79. The van der Waals surface area contributed by atoms with Gasteiger partial charge in [0, 0.05) is 10.9 Å². The van der Waals surface area contributed by atoms with Gasteiger partial charge in [-0.1, -0.05) is 30.3 Å². The van der Waals surface area contributed by atoms with E-state index in [9.17, 15) is 19.8 Å². The highest BCUT2D eigenvalue weighted by molar-refractivity contribution is 6.00. The van der Waals surface area contributed by atoms with Gasteiger partial charge in [0.2, 0.25) is 0 Å². The zero-order valence-electron chi connectivity index (χ0n) is 13.6. The van der Waals surface area contributed by atoms with E-state index in [1.165, 1.54) is 28.8 Å². The van der Waals surface area contributed by atoms with E-state index < -0.39 is 17.9 Å². The quantitative estimate of drug-likeness (QED) is 0.654. The van der Waals surface area contributed by atoms with Gasteiger partial charge in [0.15, 0.2) is 6.04 Å². The van der Waals surface area contributed by atoms with Gasteiger partial charge in [-0.25, -0.2) is 4.79 Å². The van der Waals surface area contributed by atoms with E-state index in [0.29, 0.717) is 5.52 Å². The molecule has 7 heteroatoms. The SMILES string of the molecule is N#CCn1c(C(=O)NC(C(=O)O)c2cccc(O)c2)cc2ccccc21. The summed E-state index contributed by atoms with van der Waals surface area (Å²) >= 11 is 0. The largest absolute Gasteiger partial charge is 0.508 e. The Hall–Kier alpha value is -3.79. The average molecular weight is 349 g/mol. The van der Waals surface area contributed by atoms with Crippen molar-refractivity contribution in [2.75, 3.05) is 0 Å². The third-order valence-electron chi connectivity index (χ3n) is 4.00. The molecule has 1 unspecified atom stereocenters. The fourth-order valence-corrected chi connectivity index (χ4v) is 2.84. The minimum absolute atomic E-state index is 0.0415. The number of benzene rings is 2. The lowest BCUT2D eigenvalue weighted by Gasteiger charge is -2.16. The van der Waals surface area contributed by atoms with Gasteiger partial charge < -0.3 is 20.1 Å². The first-order valence-electron chi connectivity index (χ1n) is 7.79. The number of nitriles is 1. The molecule has 0 aliphatic rings. The van der Waals surface area contributed by atoms with Crippen molar-refractivity contribution in [3.05, 3.63) is 65.9 Å². The van der Waals surface area contributed by atoms with Crippen molar-refractivity contribution in [2.24, 2.45) is 0 Å². The second-order valence-corrected chi connectivity index (χ2v) is 5.67. The highest BCUT2D eigenvalue weighted by Crippen LogP contribution is 2.22. The number of nitrogens with one attached hydrogen (secondary N) is 1. The van der Waals surface area contributed by atoms with Gasteiger partial charge in [-0.05, 0) is 29.8 Å². The van der Waals surface area contributed by atoms with Crippen LogP contribution in [0.3, 0.4) is 0 Å². The number of amides is 1. The molecular formula is C19H15N3O4. The summed E-state index contributed by atoms with van der Waals surface area (Å²) in [5.41, 5.74) is 1.15. The fourth-order valence-electron chi connectivity index (χ4n) is 2.84. The van der Waals surface area contributed by atoms with E-state index in [2.05, 4.69) is 5.32 Å². The molecule has 2 aromatic carbocycles. The van der Waals surface area contributed by atoms with Gasteiger partial charge in [-0.15, -0.1) is 0 Å². The standard InChI is InChI=1S/C19H15N3O4/c20-8-9-22-15-7-2-1-4-12(15)11-16(22)18(24)21-17(19(25)26)13-5-3-6-14(23)10-13/h1-7,10-11,17,23H,9H2,(H,21,24)(H,25,26). The maximum absolute atomic E-state index is 12.7. The first kappa shape index (κ1) is 17.0. The molecule has 1 aromatic heterocycles. The number of carbonyl (C=O) groups excluding carboxylic acids is 1. The molecule has 0 fully saturated rings. The summed E-state index contributed by atoms with van der Waals surface area (Å²) in [5.74, 6) is -1.97. The molecule has 1 amide bonds. The van der Waals surface area contributed by atoms with E-state index in [-0.39, 0.29) is 23.6 Å². The van der Waals surface area contributed by atoms with Gasteiger partial charge in [0.05, 0.1) is 6.07 Å². The summed E-state index contributed by atoms with van der Waals surface area (Å²) in [6.07, 6.45) is 0. The van der Waals surface area contributed by atoms with Crippen LogP contribution in [0.5, 0.6) is 5.75 Å². The molecule has 130 valence electrons. The number of carboxylic acid groups (broad SMARTS) is 1. The number of carboxylic acids is 1. The second kappa shape index (κ2) is 6.99. The maximum atomic E-state index is 12.7. The van der Waals surface area contributed by atoms with Crippen molar-refractivity contribution in [1.29, 1.82) is 5.26 Å². The Kier molecular flexibility index (Phi) is 4.58. The molecule has 3 rings (SSSR count). The highest BCUT2D eigenvalue weighted by Gasteiger charge is 2.25. The van der Waals surface area contributed by atoms with E-state index in [4.69, 9.17) is 5.26 Å². The van der Waals surface area contributed by atoms with Crippen molar-refractivity contribution in [2.45, 2.75) is 12.6 Å². The smallest absolute Gasteiger partial charge is 0.330 e. The third-order valence-corrected chi connectivity index (χ3v) is 4.00. The molecule has 1 heterocycles. The molecule has 0 aliphatic heterocycles. The Morgan fingerprint density at radius 1 is 1.15 bits per heavy atom. The molecule has 3 aromatic rings. The number of hydrogen-bond acceptors (Lipinski definition) is 4. The number of hydrogen-bond donors (Lipinski definition) is 3. The number of fused-ring (bicyclic) bond motifs is 1. The van der Waals surface area contributed by atoms with Crippen LogP contribution in [0.2, 0.25) is 0 Å². The Morgan fingerprint density at radius 2 is 1.92 bits per heavy atom. The van der Waals surface area contributed by atoms with Crippen LogP contribution in [-0.2, 0) is 11.3 Å². The second-order valence-electron chi connectivity index (χ2n) is 5.67. The molecule has 0 spiro atoms. The van der Waals surface area contributed by atoms with Crippen LogP contribution < -0.4 is 5.32 Å². The Balaban J connectivity index is 1.98. The summed E-state index contributed by atoms with van der Waals surface area (Å²) in [6, 6.07) is 15.2. The minimum atomic E-state index is -1.33. The van der Waals surface area contributed by atoms with Crippen molar-refractivity contribution in [3.63, 3.8) is 0 Å². The molecule has 7 nitrogen and oxygen atoms in total. The molecule has 0 radical (unpaired) electrons. The predicted molar refractivity (Wildman–Crippen MR) is 93.5 cm³/mol. The lowest BCUT2D eigenvalue weighted by Crippen LogP contribution is -2.34. The van der Waals surface area contributed by atoms with Crippen LogP contribution in [0.15, 0.2) is 54.6 Å². The number of carbonyl (C=O) groups is 2. The van der Waals surface area contributed by atoms with E-state index >= 15 is 0 Å². The molecule has 0 saturated heterocycles. The Morgan fingerprint density at radius 3 is 2.62 bits per heavy atom. The number of aromatic hydroxyl groups is 1. The van der Waals surface area contributed by atoms with Gasteiger partial charge in [-0.2, -0.15) is 5.26 Å². The topological polar surface area (TPSA) is 115 Å². The monoisotopic (exact) mass is 349 g/mol. The molecule has 3 N–H and O–H groups in total. The van der Waals surface area contributed by atoms with Crippen molar-refractivity contribution in [3.8, 4) is 11.8 Å². The first-order chi connectivity index (χ1) is 12.5. The minimum Gasteiger partial charge on any atom is -0.508 e. The van der Waals surface area contributed by atoms with Crippen LogP contribution >= 0.6 is 0 Å². The summed E-state index contributed by atoms with van der Waals surface area (Å²) in [4.78, 5) is 24.3. The third kappa shape index (κ3) is 3.21. The van der Waals surface area contributed by atoms with Gasteiger partial charge in [-0.3, -0.25) is 4.79 Å². The summed E-state index contributed by atoms with van der Waals surface area (Å²) in [6.45, 7) is -0.0415. The molecule has 0 saturated carbocycles. The predicted octanol–water partition coefficient (Wildman–Crippen LogP) is 2.43. The summed E-state index contributed by atoms with van der Waals surface area (Å²) < 4.78 is 1.53. The van der Waals surface area contributed by atoms with E-state index in [1.807, 2.05) is 18.2 Å². The number of para-hydroxylation sites is 1. The van der Waals surface area contributed by atoms with E-state index in [0.717, 1.165) is 5.39 Å². The van der Waals surface area contributed by atoms with Crippen LogP contribution in [-0.4, -0.2) is 26.7 Å². The van der Waals surface area contributed by atoms with Crippen molar-refractivity contribution in [1.82, 2.24) is 9.88 Å². The fraction of sp³-hybridized carbons (Fsp3) is 0.105. The maximum Gasteiger partial charge on any atom is 0.330 e. The summed E-state index contributed by atoms with van der Waals surface area (Å²) in [5, 5.41) is 31.3. The summed E-state index contributed by atoms with van der Waals surface area (Å²) in [7, 11) is 0. The Bertz CT molecular complexity index is 1030. The van der Waals surface area contributed by atoms with Crippen LogP contribution in [0.4, 0.5) is 0 Å². The molecule has 0 aliphatic carbocycles. The van der Waals surface area contributed by atoms with Gasteiger partial charge >= 0.3 is 5.97 Å². The number of phenolic OH excluding ortho intramolecular Hbond substituents is 1. The van der Waals surface area contributed by atoms with Gasteiger partial charge in [0.25, 0.3) is 5.91 Å². The number of nitrogens with zero attached hydrogens (tertiary/aromatic N) is 2. The van der Waals surface area contributed by atoms with Crippen molar-refractivity contribution >= 4 is 22.8 Å². The molecule has 0 bridgehead atoms. The lowest BCUT2D eigenvalue weighted by atomic mass is 10.1. The lowest BCUT2D eigenvalue weighted by molar-refractivity contribution is -0.139.